The van der Waals surface area contributed by atoms with Crippen LogP contribution < -0.4 is 31.8 Å². The average Bonchev–Trinajstić information content (AvgIpc) is 2.63. The standard InChI is InChI=1S/C20H15S4.2C18H15P.C8H5.3CHCl3.Pt/c1-6-14-9-17-20(23-14)18(15-7-10(2)21-12(15)4)19(24-17)16-8-11(3)22-13(16)5;2*1-4-10-16(11-5-1)19(17-12-6-2-7-13-17)18-14-8-3-9-15-18;1-2-8-6-4-3-5-7-8;3*2-1(3)4;/h7-9H,2-5H3;2*1-15H;3-7H;3*1H;/q-1;;;-1;;;;+2. The Morgan fingerprint density at radius 3 is 0.880 bits per heavy atom. The summed E-state index contributed by atoms with van der Waals surface area (Å²) in [6.45, 7) is 8.78. The fourth-order valence-electron chi connectivity index (χ4n) is 8.00. The Balaban J connectivity index is 0.000000230. The predicted molar refractivity (Wildman–Crippen MR) is 379 cm³/mol. The molecule has 0 saturated heterocycles. The van der Waals surface area contributed by atoms with E-state index < -0.39 is 28.7 Å². The molecule has 11 aromatic rings. The molecule has 16 heteroatoms. The van der Waals surface area contributed by atoms with Crippen LogP contribution in [0, 0.1) is 52.4 Å². The number of hydrogen-bond donors (Lipinski definition) is 0. The van der Waals surface area contributed by atoms with Crippen LogP contribution in [0.15, 0.2) is 231 Å². The van der Waals surface area contributed by atoms with E-state index in [1.807, 2.05) is 64.3 Å². The molecule has 0 spiro atoms. The second kappa shape index (κ2) is 39.6. The van der Waals surface area contributed by atoms with Crippen molar-refractivity contribution in [3.8, 4) is 33.4 Å². The van der Waals surface area contributed by atoms with Crippen molar-refractivity contribution in [1.82, 2.24) is 0 Å². The number of aryl methyl sites for hydroxylation is 4. The molecule has 0 amide bonds. The van der Waals surface area contributed by atoms with Crippen LogP contribution in [-0.2, 0) is 21.1 Å². The third kappa shape index (κ3) is 24.9. The zero-order valence-electron chi connectivity index (χ0n) is 44.9. The molecule has 0 bridgehead atoms. The van der Waals surface area contributed by atoms with E-state index in [0.717, 1.165) is 10.4 Å². The van der Waals surface area contributed by atoms with Crippen LogP contribution in [0.25, 0.3) is 31.0 Å². The predicted octanol–water partition coefficient (Wildman–Crippen LogP) is 22.1. The molecular weight excluding hydrogens is 1510 g/mol. The Hall–Kier alpha value is -3.12. The van der Waals surface area contributed by atoms with Gasteiger partial charge in [0.05, 0.1) is 0 Å². The Kier molecular flexibility index (Phi) is 34.5. The van der Waals surface area contributed by atoms with E-state index in [4.69, 9.17) is 117 Å². The van der Waals surface area contributed by atoms with Crippen molar-refractivity contribution >= 4 is 207 Å². The van der Waals surface area contributed by atoms with Crippen molar-refractivity contribution in [3.05, 3.63) is 273 Å². The minimum absolute atomic E-state index is 0. The molecule has 428 valence electrons. The molecule has 0 unspecified atom stereocenters. The van der Waals surface area contributed by atoms with E-state index in [1.165, 1.54) is 82.3 Å². The monoisotopic (exact) mass is 1560 g/mol. The Labute approximate surface area is 568 Å². The topological polar surface area (TPSA) is 0 Å². The fourth-order valence-corrected chi connectivity index (χ4v) is 17.1. The summed E-state index contributed by atoms with van der Waals surface area (Å²) >= 11 is 50.5. The molecular formula is C67H53Cl9P2PtS4. The van der Waals surface area contributed by atoms with Gasteiger partial charge in [-0.2, -0.15) is 0 Å². The molecule has 4 heterocycles. The van der Waals surface area contributed by atoms with E-state index >= 15 is 0 Å². The van der Waals surface area contributed by atoms with Crippen LogP contribution in [0.1, 0.15) is 29.9 Å². The third-order valence-corrected chi connectivity index (χ3v) is 20.3. The summed E-state index contributed by atoms with van der Waals surface area (Å²) in [6.07, 6.45) is 14.2. The molecule has 0 radical (unpaired) electrons. The van der Waals surface area contributed by atoms with Crippen LogP contribution in [-0.4, -0.2) is 12.9 Å². The summed E-state index contributed by atoms with van der Waals surface area (Å²) in [5.41, 5.74) is 4.89. The Morgan fingerprint density at radius 1 is 0.361 bits per heavy atom. The summed E-state index contributed by atoms with van der Waals surface area (Å²) in [5.74, 6) is 4.83. The van der Waals surface area contributed by atoms with Crippen molar-refractivity contribution in [2.24, 2.45) is 0 Å². The maximum absolute atomic E-state index is 7.46. The normalized spacial score (nSPS) is 10.2. The summed E-state index contributed by atoms with van der Waals surface area (Å²) < 4.78 is 0.320. The molecule has 0 aliphatic heterocycles. The van der Waals surface area contributed by atoms with Gasteiger partial charge in [-0.15, -0.1) is 57.8 Å². The summed E-state index contributed by atoms with van der Waals surface area (Å²) in [5, 5.41) is 8.39. The van der Waals surface area contributed by atoms with Gasteiger partial charge < -0.3 is 12.8 Å². The SMILES string of the molecule is ClC(Cl)Cl.ClC(Cl)Cl.ClC(Cl)Cl.[C-]#Cc1cc2sc(-c3cc(C)sc3C)c(-c3cc(C)sc3C)c2s1.[C-]#Cc1ccccc1.[Pt+2].c1ccc(P(c2ccccc2)c2ccccc2)cc1.c1ccc(P(c2ccccc2)c2ccccc2)cc1. The van der Waals surface area contributed by atoms with Crippen LogP contribution in [0.2, 0.25) is 0 Å². The van der Waals surface area contributed by atoms with Crippen molar-refractivity contribution in [3.63, 3.8) is 0 Å². The van der Waals surface area contributed by atoms with Gasteiger partial charge in [-0.1, -0.05) is 309 Å². The van der Waals surface area contributed by atoms with E-state index in [-0.39, 0.29) is 21.1 Å². The average molecular weight is 1560 g/mol. The van der Waals surface area contributed by atoms with Crippen molar-refractivity contribution in [1.29, 1.82) is 0 Å². The Morgan fingerprint density at radius 2 is 0.639 bits per heavy atom. The molecule has 4 aromatic heterocycles. The molecule has 11 rings (SSSR count). The van der Waals surface area contributed by atoms with Crippen LogP contribution >= 0.6 is 166 Å². The van der Waals surface area contributed by atoms with Crippen molar-refractivity contribution in [2.75, 3.05) is 0 Å². The third-order valence-electron chi connectivity index (χ3n) is 11.1. The minimum Gasteiger partial charge on any atom is -0.366 e. The number of fused-ring (bicyclic) bond motifs is 1. The number of benzene rings is 7. The number of alkyl halides is 9. The van der Waals surface area contributed by atoms with Gasteiger partial charge in [-0.25, -0.2) is 11.3 Å². The molecule has 7 aromatic carbocycles. The number of thiophene rings is 4. The first-order valence-electron chi connectivity index (χ1n) is 24.8. The van der Waals surface area contributed by atoms with E-state index in [0.29, 0.717) is 0 Å². The maximum Gasteiger partial charge on any atom is 2.00 e. The molecule has 0 fully saturated rings. The summed E-state index contributed by atoms with van der Waals surface area (Å²) in [4.78, 5) is 7.73. The number of halogens is 9. The largest absolute Gasteiger partial charge is 2.00 e. The molecule has 0 saturated carbocycles. The quantitative estimate of drug-likeness (QED) is 0.0616. The van der Waals surface area contributed by atoms with Gasteiger partial charge in [0, 0.05) is 44.9 Å². The second-order valence-electron chi connectivity index (χ2n) is 16.8. The first kappa shape index (κ1) is 72.4. The molecule has 0 nitrogen and oxygen atoms in total. The minimum atomic E-state index is -0.750. The fraction of sp³-hybridized carbons (Fsp3) is 0.104. The van der Waals surface area contributed by atoms with Crippen molar-refractivity contribution < 1.29 is 21.1 Å². The molecule has 83 heavy (non-hydrogen) atoms. The molecule has 0 atom stereocenters. The summed E-state index contributed by atoms with van der Waals surface area (Å²) in [6, 6.07) is 80.8. The maximum atomic E-state index is 7.46. The van der Waals surface area contributed by atoms with Gasteiger partial charge in [0.2, 0.25) is 0 Å². The van der Waals surface area contributed by atoms with Crippen molar-refractivity contribution in [2.45, 2.75) is 40.6 Å². The second-order valence-corrected chi connectivity index (χ2v) is 32.2. The van der Waals surface area contributed by atoms with Crippen LogP contribution in [0.4, 0.5) is 0 Å². The first-order valence-corrected chi connectivity index (χ1v) is 34.7. The van der Waals surface area contributed by atoms with E-state index in [2.05, 4.69) is 240 Å². The van der Waals surface area contributed by atoms with Crippen LogP contribution in [0.5, 0.6) is 0 Å². The zero-order chi connectivity index (χ0) is 59.4. The summed E-state index contributed by atoms with van der Waals surface area (Å²) in [7, 11) is -0.892. The Bertz CT molecular complexity index is 3300. The van der Waals surface area contributed by atoms with Gasteiger partial charge in [0.1, 0.15) is 0 Å². The van der Waals surface area contributed by atoms with Gasteiger partial charge >= 0.3 is 21.1 Å². The van der Waals surface area contributed by atoms with Crippen LogP contribution in [0.3, 0.4) is 0 Å². The zero-order valence-corrected chi connectivity index (χ0v) is 59.0. The number of hydrogen-bond acceptors (Lipinski definition) is 4. The molecule has 0 aliphatic carbocycles. The van der Waals surface area contributed by atoms with Gasteiger partial charge in [0.25, 0.3) is 0 Å². The first-order chi connectivity index (χ1) is 39.5. The molecule has 0 aliphatic rings. The van der Waals surface area contributed by atoms with Gasteiger partial charge in [0.15, 0.2) is 12.9 Å². The van der Waals surface area contributed by atoms with Gasteiger partial charge in [-0.3, -0.25) is 11.8 Å². The van der Waals surface area contributed by atoms with E-state index in [9.17, 15) is 0 Å². The van der Waals surface area contributed by atoms with Gasteiger partial charge in [-0.05, 0) is 93.1 Å². The smallest absolute Gasteiger partial charge is 0.366 e. The number of rotatable bonds is 8. The van der Waals surface area contributed by atoms with E-state index in [1.54, 1.807) is 11.3 Å². The molecule has 0 N–H and O–H groups in total.